The maximum atomic E-state index is 12.4. The van der Waals surface area contributed by atoms with Crippen molar-refractivity contribution in [3.63, 3.8) is 0 Å². The van der Waals surface area contributed by atoms with Crippen molar-refractivity contribution in [1.82, 2.24) is 15.4 Å². The molecule has 0 aliphatic heterocycles. The largest absolute Gasteiger partial charge is 0.485 e. The van der Waals surface area contributed by atoms with Crippen molar-refractivity contribution in [2.75, 3.05) is 0 Å². The van der Waals surface area contributed by atoms with Crippen LogP contribution in [0.25, 0.3) is 11.6 Å². The summed E-state index contributed by atoms with van der Waals surface area (Å²) < 4.78 is 40.0. The summed E-state index contributed by atoms with van der Waals surface area (Å²) in [6.07, 6.45) is -2.83. The maximum Gasteiger partial charge on any atom is 0.314 e. The van der Waals surface area contributed by atoms with Gasteiger partial charge in [0.2, 0.25) is 0 Å². The van der Waals surface area contributed by atoms with Gasteiger partial charge in [-0.25, -0.2) is 0 Å². The first-order chi connectivity index (χ1) is 10.6. The monoisotopic (exact) mass is 327 g/mol. The topological polar surface area (TPSA) is 74.2 Å². The van der Waals surface area contributed by atoms with Crippen molar-refractivity contribution in [3.05, 3.63) is 47.0 Å². The number of rotatable bonds is 5. The molecule has 0 bridgehead atoms. The van der Waals surface area contributed by atoms with Crippen LogP contribution < -0.4 is 4.74 Å². The Morgan fingerprint density at radius 2 is 2.09 bits per heavy atom. The lowest BCUT2D eigenvalue weighted by molar-refractivity contribution is 0.116. The molecule has 0 saturated heterocycles. The molecule has 0 unspecified atom stereocenters. The molecule has 2 heterocycles. The molecule has 0 aliphatic carbocycles. The quantitative estimate of drug-likeness (QED) is 0.707. The molecule has 114 valence electrons. The van der Waals surface area contributed by atoms with Crippen LogP contribution in [0.15, 0.2) is 39.3 Å². The average Bonchev–Trinajstić information content (AvgIpc) is 3.14. The van der Waals surface area contributed by atoms with Crippen LogP contribution >= 0.6 is 11.6 Å². The molecule has 3 rings (SSSR count). The number of halogens is 3. The van der Waals surface area contributed by atoms with Gasteiger partial charge in [0.15, 0.2) is 11.5 Å². The van der Waals surface area contributed by atoms with Crippen molar-refractivity contribution < 1.29 is 22.5 Å². The predicted octanol–water partition coefficient (Wildman–Crippen LogP) is 3.89. The Balaban J connectivity index is 1.68. The third-order valence-corrected chi connectivity index (χ3v) is 2.82. The first-order valence-corrected chi connectivity index (χ1v) is 6.45. The van der Waals surface area contributed by atoms with E-state index in [4.69, 9.17) is 25.3 Å². The highest BCUT2D eigenvalue weighted by atomic mass is 35.5. The minimum absolute atomic E-state index is 0.0865. The molecule has 0 spiro atoms. The molecule has 0 saturated carbocycles. The molecule has 1 aromatic carbocycles. The summed E-state index contributed by atoms with van der Waals surface area (Å²) in [6, 6.07) is 8.31. The smallest absolute Gasteiger partial charge is 0.314 e. The Hall–Kier alpha value is -2.48. The lowest BCUT2D eigenvalue weighted by Crippen LogP contribution is -1.93. The standard InChI is InChI=1S/C13H8ClF2N3O3/c14-7-2-1-3-8(4-7)20-6-9-5-10(19-22-9)12-17-18-13(21-12)11(15)16/h1-5,11H,6H2. The Kier molecular flexibility index (Phi) is 4.01. The molecule has 9 heteroatoms. The second-order valence-electron chi connectivity index (χ2n) is 4.17. The van der Waals surface area contributed by atoms with Crippen LogP contribution in [0, 0.1) is 0 Å². The number of benzene rings is 1. The summed E-state index contributed by atoms with van der Waals surface area (Å²) in [6.45, 7) is 0.0865. The van der Waals surface area contributed by atoms with Gasteiger partial charge in [-0.15, -0.1) is 10.2 Å². The zero-order chi connectivity index (χ0) is 15.5. The van der Waals surface area contributed by atoms with E-state index in [9.17, 15) is 8.78 Å². The highest BCUT2D eigenvalue weighted by molar-refractivity contribution is 6.30. The van der Waals surface area contributed by atoms with Gasteiger partial charge in [-0.3, -0.25) is 0 Å². The van der Waals surface area contributed by atoms with Crippen LogP contribution in [0.3, 0.4) is 0 Å². The third kappa shape index (κ3) is 3.22. The average molecular weight is 328 g/mol. The van der Waals surface area contributed by atoms with Crippen molar-refractivity contribution in [2.45, 2.75) is 13.0 Å². The fraction of sp³-hybridized carbons (Fsp3) is 0.154. The molecule has 0 aliphatic rings. The van der Waals surface area contributed by atoms with Gasteiger partial charge in [0.1, 0.15) is 12.4 Å². The van der Waals surface area contributed by atoms with Crippen LogP contribution in [0.1, 0.15) is 18.1 Å². The van der Waals surface area contributed by atoms with Crippen LogP contribution in [0.2, 0.25) is 5.02 Å². The number of nitrogens with zero attached hydrogens (tertiary/aromatic N) is 3. The van der Waals surface area contributed by atoms with Gasteiger partial charge in [-0.05, 0) is 18.2 Å². The molecule has 0 N–H and O–H groups in total. The van der Waals surface area contributed by atoms with E-state index in [-0.39, 0.29) is 18.2 Å². The Morgan fingerprint density at radius 1 is 1.23 bits per heavy atom. The minimum Gasteiger partial charge on any atom is -0.485 e. The van der Waals surface area contributed by atoms with Gasteiger partial charge >= 0.3 is 6.43 Å². The number of hydrogen-bond donors (Lipinski definition) is 0. The number of alkyl halides is 2. The normalized spacial score (nSPS) is 11.1. The van der Waals surface area contributed by atoms with E-state index in [1.807, 2.05) is 0 Å². The highest BCUT2D eigenvalue weighted by Gasteiger charge is 2.19. The van der Waals surface area contributed by atoms with Gasteiger partial charge in [0.05, 0.1) is 0 Å². The van der Waals surface area contributed by atoms with Crippen LogP contribution in [-0.4, -0.2) is 15.4 Å². The Labute approximate surface area is 127 Å². The summed E-state index contributed by atoms with van der Waals surface area (Å²) in [5.41, 5.74) is 0.157. The van der Waals surface area contributed by atoms with E-state index in [2.05, 4.69) is 15.4 Å². The second kappa shape index (κ2) is 6.10. The molecular weight excluding hydrogens is 320 g/mol. The highest BCUT2D eigenvalue weighted by Crippen LogP contribution is 2.24. The zero-order valence-electron chi connectivity index (χ0n) is 10.9. The van der Waals surface area contributed by atoms with Gasteiger partial charge in [-0.1, -0.05) is 22.8 Å². The van der Waals surface area contributed by atoms with E-state index >= 15 is 0 Å². The minimum atomic E-state index is -2.83. The zero-order valence-corrected chi connectivity index (χ0v) is 11.6. The number of hydrogen-bond acceptors (Lipinski definition) is 6. The van der Waals surface area contributed by atoms with Crippen LogP contribution in [0.4, 0.5) is 8.78 Å². The van der Waals surface area contributed by atoms with Crippen molar-refractivity contribution in [2.24, 2.45) is 0 Å². The molecule has 0 atom stereocenters. The molecule has 0 fully saturated rings. The number of aromatic nitrogens is 3. The molecule has 2 aromatic heterocycles. The van der Waals surface area contributed by atoms with E-state index < -0.39 is 12.3 Å². The van der Waals surface area contributed by atoms with E-state index in [1.54, 1.807) is 24.3 Å². The molecule has 0 amide bonds. The van der Waals surface area contributed by atoms with Crippen molar-refractivity contribution in [3.8, 4) is 17.3 Å². The van der Waals surface area contributed by atoms with Crippen LogP contribution in [0.5, 0.6) is 5.75 Å². The first-order valence-electron chi connectivity index (χ1n) is 6.07. The van der Waals surface area contributed by atoms with E-state index in [1.165, 1.54) is 6.07 Å². The van der Waals surface area contributed by atoms with Crippen molar-refractivity contribution in [1.29, 1.82) is 0 Å². The van der Waals surface area contributed by atoms with E-state index in [0.717, 1.165) is 0 Å². The summed E-state index contributed by atoms with van der Waals surface area (Å²) in [7, 11) is 0. The third-order valence-electron chi connectivity index (χ3n) is 2.58. The summed E-state index contributed by atoms with van der Waals surface area (Å²) in [4.78, 5) is 0. The first kappa shape index (κ1) is 14.5. The SMILES string of the molecule is FC(F)c1nnc(-c2cc(COc3cccc(Cl)c3)on2)o1. The van der Waals surface area contributed by atoms with Gasteiger partial charge in [0.25, 0.3) is 11.8 Å². The molecular formula is C13H8ClF2N3O3. The molecule has 0 radical (unpaired) electrons. The van der Waals surface area contributed by atoms with Gasteiger partial charge in [-0.2, -0.15) is 8.78 Å². The van der Waals surface area contributed by atoms with Crippen LogP contribution in [-0.2, 0) is 6.61 Å². The molecule has 22 heavy (non-hydrogen) atoms. The Morgan fingerprint density at radius 3 is 2.82 bits per heavy atom. The van der Waals surface area contributed by atoms with E-state index in [0.29, 0.717) is 16.5 Å². The van der Waals surface area contributed by atoms with Crippen molar-refractivity contribution >= 4 is 11.6 Å². The maximum absolute atomic E-state index is 12.4. The number of ether oxygens (including phenoxy) is 1. The fourth-order valence-electron chi connectivity index (χ4n) is 1.62. The van der Waals surface area contributed by atoms with Gasteiger partial charge in [0, 0.05) is 11.1 Å². The fourth-order valence-corrected chi connectivity index (χ4v) is 1.80. The predicted molar refractivity (Wildman–Crippen MR) is 70.5 cm³/mol. The lowest BCUT2D eigenvalue weighted by atomic mass is 10.3. The second-order valence-corrected chi connectivity index (χ2v) is 4.61. The Bertz CT molecular complexity index is 775. The summed E-state index contributed by atoms with van der Waals surface area (Å²) in [5, 5.41) is 10.9. The molecule has 6 nitrogen and oxygen atoms in total. The van der Waals surface area contributed by atoms with Gasteiger partial charge < -0.3 is 13.7 Å². The summed E-state index contributed by atoms with van der Waals surface area (Å²) >= 11 is 5.83. The molecule has 3 aromatic rings. The lowest BCUT2D eigenvalue weighted by Gasteiger charge is -2.02. The summed E-state index contributed by atoms with van der Waals surface area (Å²) in [5.74, 6) is 0.0118.